The van der Waals surface area contributed by atoms with Crippen LogP contribution in [-0.4, -0.2) is 35.7 Å². The first-order valence-electron chi connectivity index (χ1n) is 9.81. The number of hydrogen-bond acceptors (Lipinski definition) is 5. The monoisotopic (exact) mass is 416 g/mol. The number of nitrogens with one attached hydrogen (secondary N) is 1. The molecule has 1 fully saturated rings. The maximum absolute atomic E-state index is 12.7. The van der Waals surface area contributed by atoms with E-state index in [4.69, 9.17) is 4.74 Å². The van der Waals surface area contributed by atoms with Crippen molar-refractivity contribution in [3.8, 4) is 5.88 Å². The standard InChI is InChI=1S/C20H19F3N6O/c1-2-11-7-13(30-17-4-3-12(9-25-17)20(21,22)23)8-14(11)19-28-27-16-10-26-18-15(29(16)19)5-6-24-18/h3-6,9-11,13-14,24H,2,7-8H2,1H3/t11-,13-,14+/m1/s1. The lowest BCUT2D eigenvalue weighted by molar-refractivity contribution is -0.137. The van der Waals surface area contributed by atoms with E-state index in [9.17, 15) is 13.2 Å². The fourth-order valence-corrected chi connectivity index (χ4v) is 4.36. The summed E-state index contributed by atoms with van der Waals surface area (Å²) in [4.78, 5) is 11.3. The van der Waals surface area contributed by atoms with E-state index < -0.39 is 11.7 Å². The number of halogens is 3. The Kier molecular flexibility index (Phi) is 4.37. The molecule has 1 aliphatic carbocycles. The number of hydrogen-bond donors (Lipinski definition) is 1. The Morgan fingerprint density at radius 2 is 2.00 bits per heavy atom. The van der Waals surface area contributed by atoms with Crippen molar-refractivity contribution in [1.29, 1.82) is 0 Å². The molecule has 1 aliphatic rings. The van der Waals surface area contributed by atoms with Gasteiger partial charge >= 0.3 is 6.18 Å². The van der Waals surface area contributed by atoms with Gasteiger partial charge < -0.3 is 9.72 Å². The highest BCUT2D eigenvalue weighted by Crippen LogP contribution is 2.42. The number of alkyl halides is 3. The molecule has 0 saturated heterocycles. The lowest BCUT2D eigenvalue weighted by Crippen LogP contribution is -2.14. The van der Waals surface area contributed by atoms with Gasteiger partial charge in [-0.05, 0) is 30.9 Å². The number of pyridine rings is 1. The van der Waals surface area contributed by atoms with E-state index in [1.54, 1.807) is 6.20 Å². The predicted octanol–water partition coefficient (Wildman–Crippen LogP) is 4.37. The van der Waals surface area contributed by atoms with Crippen molar-refractivity contribution >= 4 is 16.8 Å². The predicted molar refractivity (Wildman–Crippen MR) is 102 cm³/mol. The molecule has 4 aromatic rings. The second-order valence-corrected chi connectivity index (χ2v) is 7.59. The Morgan fingerprint density at radius 3 is 2.73 bits per heavy atom. The number of ether oxygens (including phenoxy) is 1. The van der Waals surface area contributed by atoms with E-state index in [0.29, 0.717) is 18.0 Å². The summed E-state index contributed by atoms with van der Waals surface area (Å²) in [5.74, 6) is 1.49. The second kappa shape index (κ2) is 6.96. The van der Waals surface area contributed by atoms with Crippen molar-refractivity contribution in [2.24, 2.45) is 5.92 Å². The van der Waals surface area contributed by atoms with E-state index >= 15 is 0 Å². The quantitative estimate of drug-likeness (QED) is 0.534. The molecule has 0 bridgehead atoms. The van der Waals surface area contributed by atoms with Crippen molar-refractivity contribution in [2.75, 3.05) is 0 Å². The van der Waals surface area contributed by atoms with Crippen LogP contribution in [0, 0.1) is 5.92 Å². The highest BCUT2D eigenvalue weighted by Gasteiger charge is 2.39. The van der Waals surface area contributed by atoms with Crippen LogP contribution in [0.1, 0.15) is 43.5 Å². The molecule has 0 aliphatic heterocycles. The van der Waals surface area contributed by atoms with Gasteiger partial charge in [-0.25, -0.2) is 9.97 Å². The molecule has 4 aromatic heterocycles. The normalized spacial score (nSPS) is 22.2. The number of aromatic nitrogens is 6. The number of H-pyrrole nitrogens is 1. The topological polar surface area (TPSA) is 81.0 Å². The van der Waals surface area contributed by atoms with Gasteiger partial charge in [0.1, 0.15) is 11.9 Å². The molecule has 1 N–H and O–H groups in total. The van der Waals surface area contributed by atoms with Gasteiger partial charge in [0.15, 0.2) is 11.3 Å². The molecule has 5 rings (SSSR count). The lowest BCUT2D eigenvalue weighted by Gasteiger charge is -2.15. The summed E-state index contributed by atoms with van der Waals surface area (Å²) in [5.41, 5.74) is 1.57. The maximum Gasteiger partial charge on any atom is 0.417 e. The number of rotatable bonds is 4. The largest absolute Gasteiger partial charge is 0.474 e. The highest BCUT2D eigenvalue weighted by molar-refractivity contribution is 5.74. The van der Waals surface area contributed by atoms with Crippen molar-refractivity contribution < 1.29 is 17.9 Å². The van der Waals surface area contributed by atoms with Gasteiger partial charge in [-0.1, -0.05) is 13.3 Å². The fraction of sp³-hybridized carbons (Fsp3) is 0.400. The molecule has 0 amide bonds. The third kappa shape index (κ3) is 3.16. The summed E-state index contributed by atoms with van der Waals surface area (Å²) in [7, 11) is 0. The minimum atomic E-state index is -4.41. The van der Waals surface area contributed by atoms with Crippen LogP contribution in [0.2, 0.25) is 0 Å². The molecule has 156 valence electrons. The Bertz CT molecular complexity index is 1180. The van der Waals surface area contributed by atoms with Gasteiger partial charge in [0.2, 0.25) is 5.88 Å². The lowest BCUT2D eigenvalue weighted by atomic mass is 9.93. The molecule has 1 saturated carbocycles. The van der Waals surface area contributed by atoms with Crippen molar-refractivity contribution in [2.45, 2.75) is 44.4 Å². The summed E-state index contributed by atoms with van der Waals surface area (Å²) in [6, 6.07) is 4.21. The van der Waals surface area contributed by atoms with Crippen LogP contribution in [0.4, 0.5) is 13.2 Å². The van der Waals surface area contributed by atoms with E-state index in [0.717, 1.165) is 42.1 Å². The van der Waals surface area contributed by atoms with Crippen molar-refractivity contribution in [1.82, 2.24) is 29.5 Å². The molecule has 0 spiro atoms. The van der Waals surface area contributed by atoms with Gasteiger partial charge in [-0.15, -0.1) is 10.2 Å². The van der Waals surface area contributed by atoms with Gasteiger partial charge in [-0.2, -0.15) is 13.2 Å². The van der Waals surface area contributed by atoms with Crippen molar-refractivity contribution in [3.63, 3.8) is 0 Å². The van der Waals surface area contributed by atoms with Gasteiger partial charge in [0.25, 0.3) is 0 Å². The molecule has 3 atom stereocenters. The number of nitrogens with zero attached hydrogens (tertiary/aromatic N) is 5. The molecule has 0 unspecified atom stereocenters. The first-order valence-corrected chi connectivity index (χ1v) is 9.81. The zero-order chi connectivity index (χ0) is 20.9. The van der Waals surface area contributed by atoms with Crippen LogP contribution < -0.4 is 4.74 Å². The number of aromatic amines is 1. The average molecular weight is 416 g/mol. The van der Waals surface area contributed by atoms with Crippen LogP contribution in [0.5, 0.6) is 5.88 Å². The summed E-state index contributed by atoms with van der Waals surface area (Å²) in [6.45, 7) is 2.12. The Balaban J connectivity index is 1.41. The van der Waals surface area contributed by atoms with Gasteiger partial charge in [0.05, 0.1) is 17.3 Å². The zero-order valence-electron chi connectivity index (χ0n) is 16.1. The molecular formula is C20H19F3N6O. The van der Waals surface area contributed by atoms with Crippen LogP contribution in [0.3, 0.4) is 0 Å². The molecule has 0 aromatic carbocycles. The maximum atomic E-state index is 12.7. The Labute approximate surface area is 169 Å². The number of fused-ring (bicyclic) bond motifs is 3. The van der Waals surface area contributed by atoms with E-state index in [2.05, 4.69) is 32.1 Å². The minimum absolute atomic E-state index is 0.116. The average Bonchev–Trinajstić information content (AvgIpc) is 3.44. The second-order valence-electron chi connectivity index (χ2n) is 7.59. The summed E-state index contributed by atoms with van der Waals surface area (Å²) >= 11 is 0. The summed E-state index contributed by atoms with van der Waals surface area (Å²) in [5, 5.41) is 8.73. The molecule has 0 radical (unpaired) electrons. The fourth-order valence-electron chi connectivity index (χ4n) is 4.36. The van der Waals surface area contributed by atoms with Crippen LogP contribution in [0.25, 0.3) is 16.8 Å². The summed E-state index contributed by atoms with van der Waals surface area (Å²) < 4.78 is 46.2. The first-order chi connectivity index (χ1) is 14.4. The van der Waals surface area contributed by atoms with Gasteiger partial charge in [0, 0.05) is 24.4 Å². The highest BCUT2D eigenvalue weighted by atomic mass is 19.4. The van der Waals surface area contributed by atoms with E-state index in [1.165, 1.54) is 6.07 Å². The van der Waals surface area contributed by atoms with Crippen molar-refractivity contribution in [3.05, 3.63) is 48.2 Å². The van der Waals surface area contributed by atoms with E-state index in [1.807, 2.05) is 16.7 Å². The Hall–Kier alpha value is -3.17. The molecule has 10 heteroatoms. The summed E-state index contributed by atoms with van der Waals surface area (Å²) in [6.07, 6.45) is 2.16. The third-order valence-corrected chi connectivity index (χ3v) is 5.83. The SMILES string of the molecule is CC[C@@H]1C[C@@H](Oc2ccc(C(F)(F)F)cn2)C[C@@H]1c1nnc2cnc3[nH]ccc3n12. The van der Waals surface area contributed by atoms with Crippen LogP contribution in [0.15, 0.2) is 36.8 Å². The Morgan fingerprint density at radius 1 is 1.13 bits per heavy atom. The first kappa shape index (κ1) is 18.8. The molecule has 4 heterocycles. The van der Waals surface area contributed by atoms with Crippen LogP contribution in [-0.2, 0) is 6.18 Å². The molecule has 7 nitrogen and oxygen atoms in total. The molecule has 30 heavy (non-hydrogen) atoms. The van der Waals surface area contributed by atoms with Gasteiger partial charge in [-0.3, -0.25) is 4.40 Å². The third-order valence-electron chi connectivity index (χ3n) is 5.83. The smallest absolute Gasteiger partial charge is 0.417 e. The van der Waals surface area contributed by atoms with E-state index in [-0.39, 0.29) is 17.9 Å². The zero-order valence-corrected chi connectivity index (χ0v) is 16.1. The molecular weight excluding hydrogens is 397 g/mol. The minimum Gasteiger partial charge on any atom is -0.474 e. The van der Waals surface area contributed by atoms with Crippen LogP contribution >= 0.6 is 0 Å².